The van der Waals surface area contributed by atoms with Gasteiger partial charge < -0.3 is 10.1 Å². The molecule has 0 saturated heterocycles. The summed E-state index contributed by atoms with van der Waals surface area (Å²) in [6, 6.07) is 6.70. The van der Waals surface area contributed by atoms with Gasteiger partial charge in [-0.1, -0.05) is 12.1 Å². The molecule has 0 atom stereocenters. The highest BCUT2D eigenvalue weighted by molar-refractivity contribution is 5.67. The van der Waals surface area contributed by atoms with Gasteiger partial charge in [0.05, 0.1) is 16.6 Å². The van der Waals surface area contributed by atoms with E-state index in [1.54, 1.807) is 6.07 Å². The van der Waals surface area contributed by atoms with E-state index in [1.807, 2.05) is 0 Å². The molecule has 86 valence electrons. The number of nitrogens with zero attached hydrogens (tertiary/aromatic N) is 2. The van der Waals surface area contributed by atoms with Crippen LogP contribution in [-0.2, 0) is 0 Å². The summed E-state index contributed by atoms with van der Waals surface area (Å²) < 4.78 is 0. The van der Waals surface area contributed by atoms with Gasteiger partial charge in [0.15, 0.2) is 5.82 Å². The molecule has 0 aliphatic rings. The Kier molecular flexibility index (Phi) is 2.57. The van der Waals surface area contributed by atoms with E-state index in [0.717, 1.165) is 6.07 Å². The number of rotatable bonds is 2. The van der Waals surface area contributed by atoms with E-state index in [-0.39, 0.29) is 17.1 Å². The van der Waals surface area contributed by atoms with Crippen molar-refractivity contribution in [3.63, 3.8) is 0 Å². The third-order valence-electron chi connectivity index (χ3n) is 2.08. The quantitative estimate of drug-likeness (QED) is 0.595. The zero-order valence-electron chi connectivity index (χ0n) is 8.45. The van der Waals surface area contributed by atoms with E-state index < -0.39 is 16.4 Å². The molecule has 1 heterocycles. The number of benzene rings is 1. The zero-order chi connectivity index (χ0) is 12.4. The van der Waals surface area contributed by atoms with Crippen molar-refractivity contribution in [1.82, 2.24) is 9.97 Å². The van der Waals surface area contributed by atoms with Crippen LogP contribution in [0.2, 0.25) is 0 Å². The predicted octanol–water partition coefficient (Wildman–Crippen LogP) is 1.05. The molecule has 17 heavy (non-hydrogen) atoms. The summed E-state index contributed by atoms with van der Waals surface area (Å²) in [5.41, 5.74) is -0.627. The molecule has 0 bridgehead atoms. The summed E-state index contributed by atoms with van der Waals surface area (Å²) in [4.78, 5) is 27.3. The Balaban J connectivity index is 2.68. The Bertz CT molecular complexity index is 635. The van der Waals surface area contributed by atoms with E-state index >= 15 is 0 Å². The largest absolute Gasteiger partial charge is 0.493 e. The summed E-state index contributed by atoms with van der Waals surface area (Å²) in [6.45, 7) is 0. The SMILES string of the molecule is O=c1cc(O)nc(-c2ccccc2[N+](=O)[O-])[nH]1. The summed E-state index contributed by atoms with van der Waals surface area (Å²) in [5.74, 6) is -0.524. The number of hydrogen-bond donors (Lipinski definition) is 2. The summed E-state index contributed by atoms with van der Waals surface area (Å²) in [6.07, 6.45) is 0. The van der Waals surface area contributed by atoms with Gasteiger partial charge in [0, 0.05) is 6.07 Å². The minimum absolute atomic E-state index is 0.0395. The molecule has 2 N–H and O–H groups in total. The molecule has 0 aliphatic heterocycles. The van der Waals surface area contributed by atoms with Crippen LogP contribution in [0.25, 0.3) is 11.4 Å². The first kappa shape index (κ1) is 10.8. The van der Waals surface area contributed by atoms with Crippen molar-refractivity contribution in [1.29, 1.82) is 0 Å². The van der Waals surface area contributed by atoms with E-state index in [1.165, 1.54) is 18.2 Å². The second kappa shape index (κ2) is 4.05. The molecule has 0 spiro atoms. The number of hydrogen-bond acceptors (Lipinski definition) is 5. The van der Waals surface area contributed by atoms with Gasteiger partial charge >= 0.3 is 0 Å². The lowest BCUT2D eigenvalue weighted by atomic mass is 10.1. The van der Waals surface area contributed by atoms with Crippen LogP contribution in [0.4, 0.5) is 5.69 Å². The van der Waals surface area contributed by atoms with Crippen LogP contribution in [-0.4, -0.2) is 20.0 Å². The molecule has 0 fully saturated rings. The van der Waals surface area contributed by atoms with Crippen LogP contribution >= 0.6 is 0 Å². The number of aromatic hydroxyl groups is 1. The molecular weight excluding hydrogens is 226 g/mol. The summed E-state index contributed by atoms with van der Waals surface area (Å²) >= 11 is 0. The fraction of sp³-hybridized carbons (Fsp3) is 0. The first-order chi connectivity index (χ1) is 8.08. The van der Waals surface area contributed by atoms with Crippen LogP contribution in [0.5, 0.6) is 5.88 Å². The first-order valence-electron chi connectivity index (χ1n) is 4.62. The number of H-pyrrole nitrogens is 1. The fourth-order valence-corrected chi connectivity index (χ4v) is 1.41. The molecular formula is C10H7N3O4. The van der Waals surface area contributed by atoms with E-state index in [9.17, 15) is 20.0 Å². The second-order valence-electron chi connectivity index (χ2n) is 3.23. The van der Waals surface area contributed by atoms with Gasteiger partial charge in [-0.3, -0.25) is 14.9 Å². The van der Waals surface area contributed by atoms with Crippen molar-refractivity contribution in [3.8, 4) is 17.3 Å². The maximum Gasteiger partial charge on any atom is 0.280 e. The number of nitro groups is 1. The molecule has 0 aliphatic carbocycles. The molecule has 7 nitrogen and oxygen atoms in total. The molecule has 1 aromatic carbocycles. The highest BCUT2D eigenvalue weighted by Crippen LogP contribution is 2.26. The topological polar surface area (TPSA) is 109 Å². The van der Waals surface area contributed by atoms with Gasteiger partial charge in [-0.25, -0.2) is 0 Å². The number of nitro benzene ring substituents is 1. The number of para-hydroxylation sites is 1. The molecule has 0 unspecified atom stereocenters. The van der Waals surface area contributed by atoms with Crippen molar-refractivity contribution in [2.24, 2.45) is 0 Å². The predicted molar refractivity (Wildman–Crippen MR) is 58.6 cm³/mol. The van der Waals surface area contributed by atoms with E-state index in [4.69, 9.17) is 0 Å². The van der Waals surface area contributed by atoms with Gasteiger partial charge in [-0.05, 0) is 6.07 Å². The molecule has 7 heteroatoms. The third-order valence-corrected chi connectivity index (χ3v) is 2.08. The monoisotopic (exact) mass is 233 g/mol. The normalized spacial score (nSPS) is 10.1. The van der Waals surface area contributed by atoms with Crippen molar-refractivity contribution < 1.29 is 10.0 Å². The summed E-state index contributed by atoms with van der Waals surface area (Å²) in [7, 11) is 0. The Morgan fingerprint density at radius 2 is 2.06 bits per heavy atom. The Morgan fingerprint density at radius 3 is 2.71 bits per heavy atom. The first-order valence-corrected chi connectivity index (χ1v) is 4.62. The standard InChI is InChI=1S/C10H7N3O4/c14-8-5-9(15)12-10(11-8)6-3-1-2-4-7(6)13(16)17/h1-5H,(H2,11,12,14,15). The molecule has 0 saturated carbocycles. The molecule has 0 radical (unpaired) electrons. The lowest BCUT2D eigenvalue weighted by Crippen LogP contribution is -2.07. The van der Waals surface area contributed by atoms with Crippen LogP contribution in [0.3, 0.4) is 0 Å². The van der Waals surface area contributed by atoms with Crippen LogP contribution < -0.4 is 5.56 Å². The maximum absolute atomic E-state index is 11.1. The lowest BCUT2D eigenvalue weighted by molar-refractivity contribution is -0.384. The molecule has 1 aromatic heterocycles. The van der Waals surface area contributed by atoms with E-state index in [2.05, 4.69) is 9.97 Å². The minimum atomic E-state index is -0.584. The minimum Gasteiger partial charge on any atom is -0.493 e. The fourth-order valence-electron chi connectivity index (χ4n) is 1.41. The van der Waals surface area contributed by atoms with Gasteiger partial charge in [0.2, 0.25) is 5.88 Å². The van der Waals surface area contributed by atoms with Crippen molar-refractivity contribution in [3.05, 3.63) is 50.8 Å². The highest BCUT2D eigenvalue weighted by atomic mass is 16.6. The van der Waals surface area contributed by atoms with Gasteiger partial charge in [0.1, 0.15) is 0 Å². The van der Waals surface area contributed by atoms with Gasteiger partial charge in [-0.15, -0.1) is 0 Å². The van der Waals surface area contributed by atoms with Crippen molar-refractivity contribution in [2.45, 2.75) is 0 Å². The average Bonchev–Trinajstić information content (AvgIpc) is 2.27. The maximum atomic E-state index is 11.1. The van der Waals surface area contributed by atoms with Gasteiger partial charge in [-0.2, -0.15) is 4.98 Å². The van der Waals surface area contributed by atoms with Crippen LogP contribution in [0, 0.1) is 10.1 Å². The van der Waals surface area contributed by atoms with Crippen LogP contribution in [0.1, 0.15) is 0 Å². The number of nitrogens with one attached hydrogen (secondary N) is 1. The van der Waals surface area contributed by atoms with Crippen molar-refractivity contribution >= 4 is 5.69 Å². The Morgan fingerprint density at radius 1 is 1.35 bits per heavy atom. The Hall–Kier alpha value is -2.70. The second-order valence-corrected chi connectivity index (χ2v) is 3.23. The molecule has 2 aromatic rings. The molecule has 2 rings (SSSR count). The van der Waals surface area contributed by atoms with Crippen molar-refractivity contribution in [2.75, 3.05) is 0 Å². The smallest absolute Gasteiger partial charge is 0.280 e. The summed E-state index contributed by atoms with van der Waals surface area (Å²) in [5, 5.41) is 20.0. The lowest BCUT2D eigenvalue weighted by Gasteiger charge is -2.01. The van der Waals surface area contributed by atoms with Crippen LogP contribution in [0.15, 0.2) is 35.1 Å². The highest BCUT2D eigenvalue weighted by Gasteiger charge is 2.16. The number of aromatic amines is 1. The average molecular weight is 233 g/mol. The van der Waals surface area contributed by atoms with Gasteiger partial charge in [0.25, 0.3) is 11.2 Å². The third kappa shape index (κ3) is 2.12. The number of aromatic nitrogens is 2. The Labute approximate surface area is 94.5 Å². The zero-order valence-corrected chi connectivity index (χ0v) is 8.45. The molecule has 0 amide bonds. The van der Waals surface area contributed by atoms with E-state index in [0.29, 0.717) is 0 Å².